The Kier molecular flexibility index (Phi) is 8.99. The second-order valence-electron chi connectivity index (χ2n) is 10.2. The number of aromatic hydroxyl groups is 2. The Morgan fingerprint density at radius 3 is 2.39 bits per heavy atom. The maximum absolute atomic E-state index is 13.6. The number of phenolic OH excluding ortho intramolecular Hbond substituents is 2. The molecule has 0 aromatic heterocycles. The average Bonchev–Trinajstić information content (AvgIpc) is 2.90. The smallest absolute Gasteiger partial charge is 0.202 e. The summed E-state index contributed by atoms with van der Waals surface area (Å²) in [6.07, 6.45) is -5.12. The lowest BCUT2D eigenvalue weighted by atomic mass is 9.72. The molecule has 0 saturated carbocycles. The maximum Gasteiger partial charge on any atom is 0.202 e. The number of ketones is 3. The van der Waals surface area contributed by atoms with E-state index in [1.807, 2.05) is 0 Å². The van der Waals surface area contributed by atoms with Crippen molar-refractivity contribution in [1.29, 1.82) is 0 Å². The molecule has 0 bridgehead atoms. The number of hydrogen-bond donors (Lipinski definition) is 6. The van der Waals surface area contributed by atoms with Crippen molar-refractivity contribution < 1.29 is 54.1 Å². The van der Waals surface area contributed by atoms with Gasteiger partial charge in [-0.3, -0.25) is 14.4 Å². The van der Waals surface area contributed by atoms with Gasteiger partial charge in [0.2, 0.25) is 5.78 Å². The van der Waals surface area contributed by atoms with Crippen LogP contribution in [0.3, 0.4) is 0 Å². The number of fused-ring (bicyclic) bond motifs is 3. The molecule has 1 heterocycles. The van der Waals surface area contributed by atoms with Crippen molar-refractivity contribution in [3.05, 3.63) is 51.6 Å². The molecule has 6 atom stereocenters. The van der Waals surface area contributed by atoms with Crippen LogP contribution in [0.2, 0.25) is 0 Å². The van der Waals surface area contributed by atoms with Gasteiger partial charge >= 0.3 is 0 Å². The number of aliphatic hydroxyl groups is 3. The fourth-order valence-corrected chi connectivity index (χ4v) is 5.75. The summed E-state index contributed by atoms with van der Waals surface area (Å²) in [6.45, 7) is 0.560. The third-order valence-electron chi connectivity index (χ3n) is 7.81. The highest BCUT2D eigenvalue weighted by Crippen LogP contribution is 2.52. The second-order valence-corrected chi connectivity index (χ2v) is 10.2. The Balaban J connectivity index is 0.00000231. The van der Waals surface area contributed by atoms with Crippen molar-refractivity contribution in [1.82, 2.24) is 0 Å². The summed E-state index contributed by atoms with van der Waals surface area (Å²) in [5, 5.41) is 53.7. The predicted molar refractivity (Wildman–Crippen MR) is 145 cm³/mol. The number of phenols is 2. The summed E-state index contributed by atoms with van der Waals surface area (Å²) >= 11 is 0. The standard InChI is InChI=1S/C27H29NO11.2CH4/c1-10-22(31)13(28)6-17(38-10)39-15-8-27(36,16(30)9-29)7-12-19(15)26(35)21-20(24(12)33)23(32)11-4-3-5-14(37-2)18(11)25(21)34;;/h3-5,10,13,15,17,22,29,31,33,35-36H,6-9,28H2,1-2H3;2*1H4/t10?,13?,15-,17?,22?,27-;;/m0../s1. The van der Waals surface area contributed by atoms with Crippen LogP contribution in [0.15, 0.2) is 18.2 Å². The number of methoxy groups -OCH3 is 1. The summed E-state index contributed by atoms with van der Waals surface area (Å²) < 4.78 is 17.0. The summed E-state index contributed by atoms with van der Waals surface area (Å²) in [7, 11) is 1.32. The third kappa shape index (κ3) is 4.90. The zero-order valence-corrected chi connectivity index (χ0v) is 21.2. The fraction of sp³-hybridized carbons (Fsp3) is 0.483. The SMILES string of the molecule is C.C.COc1cccc2c1C(=O)c1c(O)c3c(c(O)c1C2=O)C[C@@](O)(C(=O)CO)C[C@@H]3OC1CC(N)C(O)C(C)O1. The molecule has 5 rings (SSSR count). The van der Waals surface area contributed by atoms with Crippen molar-refractivity contribution >= 4 is 17.3 Å². The van der Waals surface area contributed by atoms with E-state index in [0.717, 1.165) is 0 Å². The van der Waals surface area contributed by atoms with Crippen LogP contribution in [0, 0.1) is 0 Å². The van der Waals surface area contributed by atoms with Gasteiger partial charge in [0.25, 0.3) is 0 Å². The number of ether oxygens (including phenoxy) is 3. The number of hydrogen-bond acceptors (Lipinski definition) is 12. The van der Waals surface area contributed by atoms with Gasteiger partial charge in [-0.05, 0) is 13.0 Å². The molecule has 7 N–H and O–H groups in total. The van der Waals surface area contributed by atoms with Gasteiger partial charge in [-0.1, -0.05) is 27.0 Å². The van der Waals surface area contributed by atoms with Crippen molar-refractivity contribution in [3.8, 4) is 17.2 Å². The Labute approximate surface area is 237 Å². The molecule has 12 heteroatoms. The first-order valence-electron chi connectivity index (χ1n) is 12.4. The van der Waals surface area contributed by atoms with E-state index in [9.17, 15) is 39.9 Å². The molecule has 3 aliphatic rings. The van der Waals surface area contributed by atoms with E-state index in [2.05, 4.69) is 0 Å². The topological polar surface area (TPSA) is 206 Å². The van der Waals surface area contributed by atoms with Crippen molar-refractivity contribution in [2.45, 2.75) is 77.3 Å². The molecule has 0 radical (unpaired) electrons. The Hall–Kier alpha value is -3.39. The number of rotatable bonds is 5. The lowest BCUT2D eigenvalue weighted by Crippen LogP contribution is -2.53. The third-order valence-corrected chi connectivity index (χ3v) is 7.81. The lowest BCUT2D eigenvalue weighted by molar-refractivity contribution is -0.247. The monoisotopic (exact) mass is 575 g/mol. The van der Waals surface area contributed by atoms with Crippen LogP contribution >= 0.6 is 0 Å². The van der Waals surface area contributed by atoms with Gasteiger partial charge in [-0.15, -0.1) is 0 Å². The average molecular weight is 576 g/mol. The molecule has 0 amide bonds. The van der Waals surface area contributed by atoms with Crippen LogP contribution in [0.1, 0.15) is 83.7 Å². The molecule has 1 saturated heterocycles. The van der Waals surface area contributed by atoms with Gasteiger partial charge in [-0.25, -0.2) is 0 Å². The minimum Gasteiger partial charge on any atom is -0.507 e. The second kappa shape index (κ2) is 11.5. The highest BCUT2D eigenvalue weighted by atomic mass is 16.7. The van der Waals surface area contributed by atoms with E-state index >= 15 is 0 Å². The van der Waals surface area contributed by atoms with E-state index in [0.29, 0.717) is 0 Å². The largest absolute Gasteiger partial charge is 0.507 e. The normalized spacial score (nSPS) is 28.4. The highest BCUT2D eigenvalue weighted by molar-refractivity contribution is 6.31. The van der Waals surface area contributed by atoms with Crippen molar-refractivity contribution in [2.75, 3.05) is 13.7 Å². The van der Waals surface area contributed by atoms with Gasteiger partial charge in [0, 0.05) is 42.0 Å². The molecule has 2 aromatic carbocycles. The number of carbonyl (C=O) groups is 3. The molecule has 12 nitrogen and oxygen atoms in total. The van der Waals surface area contributed by atoms with Crippen LogP contribution in [0.4, 0.5) is 0 Å². The summed E-state index contributed by atoms with van der Waals surface area (Å²) in [5.74, 6) is -3.77. The highest BCUT2D eigenvalue weighted by Gasteiger charge is 2.50. The van der Waals surface area contributed by atoms with E-state index in [1.165, 1.54) is 25.3 Å². The van der Waals surface area contributed by atoms with Crippen molar-refractivity contribution in [2.24, 2.45) is 5.73 Å². The molecule has 4 unspecified atom stereocenters. The number of aliphatic hydroxyl groups excluding tert-OH is 2. The molecular formula is C29H37NO11. The molecule has 224 valence electrons. The molecule has 1 fully saturated rings. The first-order valence-corrected chi connectivity index (χ1v) is 12.4. The van der Waals surface area contributed by atoms with Gasteiger partial charge < -0.3 is 45.5 Å². The molecular weight excluding hydrogens is 538 g/mol. The molecule has 41 heavy (non-hydrogen) atoms. The van der Waals surface area contributed by atoms with Crippen molar-refractivity contribution in [3.63, 3.8) is 0 Å². The lowest BCUT2D eigenvalue weighted by Gasteiger charge is -2.42. The van der Waals surface area contributed by atoms with E-state index in [1.54, 1.807) is 6.92 Å². The number of carbonyl (C=O) groups excluding carboxylic acids is 3. The number of Topliss-reactive ketones (excluding diaryl/α,β-unsaturated/α-hetero) is 1. The minimum atomic E-state index is -2.24. The summed E-state index contributed by atoms with van der Waals surface area (Å²) in [5.41, 5.74) is 2.37. The van der Waals surface area contributed by atoms with Gasteiger partial charge in [0.1, 0.15) is 29.5 Å². The van der Waals surface area contributed by atoms with Crippen LogP contribution in [0.25, 0.3) is 0 Å². The van der Waals surface area contributed by atoms with E-state index < -0.39 is 95.7 Å². The summed E-state index contributed by atoms with van der Waals surface area (Å²) in [6, 6.07) is 3.64. The predicted octanol–water partition coefficient (Wildman–Crippen LogP) is 1.27. The number of nitrogens with two attached hydrogens (primary N) is 1. The molecule has 2 aromatic rings. The fourth-order valence-electron chi connectivity index (χ4n) is 5.75. The number of benzene rings is 2. The first-order chi connectivity index (χ1) is 18.4. The van der Waals surface area contributed by atoms with E-state index in [-0.39, 0.29) is 49.3 Å². The van der Waals surface area contributed by atoms with Crippen LogP contribution in [0.5, 0.6) is 17.2 Å². The Morgan fingerprint density at radius 1 is 1.12 bits per heavy atom. The maximum atomic E-state index is 13.6. The Morgan fingerprint density at radius 2 is 1.78 bits per heavy atom. The van der Waals surface area contributed by atoms with Crippen LogP contribution < -0.4 is 10.5 Å². The molecule has 0 spiro atoms. The van der Waals surface area contributed by atoms with Gasteiger partial charge in [0.15, 0.2) is 17.9 Å². The quantitative estimate of drug-likeness (QED) is 0.238. The van der Waals surface area contributed by atoms with Gasteiger partial charge in [0.05, 0.1) is 42.1 Å². The van der Waals surface area contributed by atoms with E-state index in [4.69, 9.17) is 19.9 Å². The van der Waals surface area contributed by atoms with Crippen LogP contribution in [-0.2, 0) is 20.7 Å². The molecule has 1 aliphatic heterocycles. The Bertz CT molecular complexity index is 1380. The zero-order chi connectivity index (χ0) is 28.4. The zero-order valence-electron chi connectivity index (χ0n) is 21.2. The first kappa shape index (κ1) is 32.1. The molecule has 2 aliphatic carbocycles. The summed E-state index contributed by atoms with van der Waals surface area (Å²) in [4.78, 5) is 39.7. The van der Waals surface area contributed by atoms with Crippen LogP contribution in [-0.4, -0.2) is 86.7 Å². The van der Waals surface area contributed by atoms with Gasteiger partial charge in [-0.2, -0.15) is 0 Å². The minimum absolute atomic E-state index is 0.